The molecule has 4 heteroatoms. The number of carbonyl (C=O) groups is 2. The lowest BCUT2D eigenvalue weighted by atomic mass is 9.71. The first kappa shape index (κ1) is 23.3. The first-order valence-corrected chi connectivity index (χ1v) is 11.1. The molecule has 0 amide bonds. The molecule has 0 saturated heterocycles. The zero-order valence-electron chi connectivity index (χ0n) is 18.8. The Morgan fingerprint density at radius 1 is 0.844 bits per heavy atom. The van der Waals surface area contributed by atoms with Crippen LogP contribution in [0, 0.1) is 5.41 Å². The van der Waals surface area contributed by atoms with Gasteiger partial charge in [0.25, 0.3) is 0 Å². The molecule has 1 aliphatic carbocycles. The Bertz CT molecular complexity index is 982. The highest BCUT2D eigenvalue weighted by atomic mass is 16.6. The number of benzene rings is 2. The molecule has 0 radical (unpaired) electrons. The molecule has 0 N–H and O–H groups in total. The van der Waals surface area contributed by atoms with Gasteiger partial charge in [-0.25, -0.2) is 0 Å². The third-order valence-corrected chi connectivity index (χ3v) is 5.45. The quantitative estimate of drug-likeness (QED) is 0.398. The van der Waals surface area contributed by atoms with Crippen LogP contribution in [0.15, 0.2) is 90.0 Å². The fraction of sp³-hybridized carbons (Fsp3) is 0.286. The summed E-state index contributed by atoms with van der Waals surface area (Å²) in [5.41, 5.74) is 2.65. The number of ether oxygens (including phenoxy) is 2. The van der Waals surface area contributed by atoms with Crippen molar-refractivity contribution in [1.29, 1.82) is 0 Å². The van der Waals surface area contributed by atoms with E-state index in [0.717, 1.165) is 16.7 Å². The Labute approximate surface area is 190 Å². The summed E-state index contributed by atoms with van der Waals surface area (Å²) in [6.45, 7) is 3.92. The summed E-state index contributed by atoms with van der Waals surface area (Å²) in [7, 11) is 0. The summed E-state index contributed by atoms with van der Waals surface area (Å²) >= 11 is 0. The van der Waals surface area contributed by atoms with Gasteiger partial charge in [-0.1, -0.05) is 85.0 Å². The number of hydrogen-bond acceptors (Lipinski definition) is 4. The molecule has 0 spiro atoms. The van der Waals surface area contributed by atoms with Crippen LogP contribution in [-0.4, -0.2) is 25.2 Å². The molecular formula is C28H30O4. The number of allylic oxidation sites excluding steroid dienone is 5. The predicted molar refractivity (Wildman–Crippen MR) is 127 cm³/mol. The first-order valence-electron chi connectivity index (χ1n) is 11.1. The Kier molecular flexibility index (Phi) is 8.20. The molecule has 0 fully saturated rings. The van der Waals surface area contributed by atoms with Gasteiger partial charge in [0.2, 0.25) is 0 Å². The van der Waals surface area contributed by atoms with Crippen molar-refractivity contribution in [2.75, 3.05) is 13.2 Å². The monoisotopic (exact) mass is 430 g/mol. The van der Waals surface area contributed by atoms with Crippen LogP contribution >= 0.6 is 0 Å². The topological polar surface area (TPSA) is 52.6 Å². The van der Waals surface area contributed by atoms with E-state index in [4.69, 9.17) is 9.47 Å². The normalized spacial score (nSPS) is 16.6. The average molecular weight is 431 g/mol. The molecule has 3 rings (SSSR count). The van der Waals surface area contributed by atoms with Gasteiger partial charge in [-0.2, -0.15) is 0 Å². The maximum atomic E-state index is 13.1. The molecule has 2 aromatic rings. The van der Waals surface area contributed by atoms with Crippen LogP contribution in [-0.2, 0) is 25.5 Å². The highest BCUT2D eigenvalue weighted by Crippen LogP contribution is 2.42. The lowest BCUT2D eigenvalue weighted by molar-refractivity contribution is -0.172. The van der Waals surface area contributed by atoms with Gasteiger partial charge in [-0.15, -0.1) is 0 Å². The van der Waals surface area contributed by atoms with Crippen molar-refractivity contribution in [3.8, 4) is 0 Å². The molecule has 32 heavy (non-hydrogen) atoms. The van der Waals surface area contributed by atoms with Crippen LogP contribution in [0.4, 0.5) is 0 Å². The second-order valence-electron chi connectivity index (χ2n) is 7.81. The molecule has 0 bridgehead atoms. The average Bonchev–Trinajstić information content (AvgIpc) is 2.83. The summed E-state index contributed by atoms with van der Waals surface area (Å²) in [6, 6.07) is 20.0. The van der Waals surface area contributed by atoms with Crippen molar-refractivity contribution >= 4 is 18.0 Å². The molecule has 0 atom stereocenters. The summed E-state index contributed by atoms with van der Waals surface area (Å²) in [6.07, 6.45) is 9.34. The van der Waals surface area contributed by atoms with Crippen molar-refractivity contribution < 1.29 is 19.1 Å². The second kappa shape index (κ2) is 11.3. The van der Waals surface area contributed by atoms with Crippen molar-refractivity contribution in [3.63, 3.8) is 0 Å². The van der Waals surface area contributed by atoms with Gasteiger partial charge in [-0.3, -0.25) is 9.59 Å². The molecular weight excluding hydrogens is 400 g/mol. The minimum Gasteiger partial charge on any atom is -0.465 e. The molecule has 0 aromatic heterocycles. The van der Waals surface area contributed by atoms with E-state index in [0.29, 0.717) is 6.42 Å². The van der Waals surface area contributed by atoms with Crippen LogP contribution < -0.4 is 0 Å². The number of hydrogen-bond donors (Lipinski definition) is 0. The smallest absolute Gasteiger partial charge is 0.324 e. The van der Waals surface area contributed by atoms with Crippen molar-refractivity contribution in [2.45, 2.75) is 33.1 Å². The summed E-state index contributed by atoms with van der Waals surface area (Å²) in [5.74, 6) is -1.05. The van der Waals surface area contributed by atoms with Gasteiger partial charge in [0.1, 0.15) is 0 Å². The standard InChI is InChI=1S/C28H30O4/c1-3-31-26(29)28(27(30)32-4-2)20-24(17-15-22-11-7-5-8-12-22)19-25(21-28)18-16-23-13-9-6-10-14-23/h5-15,17-19H,3-4,16,20-21H2,1-2H3/b17-15+,25-18-. The van der Waals surface area contributed by atoms with Crippen molar-refractivity contribution in [3.05, 3.63) is 101 Å². The van der Waals surface area contributed by atoms with Gasteiger partial charge < -0.3 is 9.47 Å². The predicted octanol–water partition coefficient (Wildman–Crippen LogP) is 5.70. The molecule has 166 valence electrons. The first-order chi connectivity index (χ1) is 15.6. The van der Waals surface area contributed by atoms with E-state index in [1.165, 1.54) is 5.56 Å². The molecule has 0 saturated carbocycles. The number of rotatable bonds is 8. The number of esters is 2. The van der Waals surface area contributed by atoms with Crippen LogP contribution in [0.3, 0.4) is 0 Å². The maximum Gasteiger partial charge on any atom is 0.324 e. The van der Waals surface area contributed by atoms with Crippen LogP contribution in [0.2, 0.25) is 0 Å². The van der Waals surface area contributed by atoms with Crippen LogP contribution in [0.25, 0.3) is 6.08 Å². The summed E-state index contributed by atoms with van der Waals surface area (Å²) < 4.78 is 10.7. The third kappa shape index (κ3) is 5.85. The molecule has 0 unspecified atom stereocenters. The van der Waals surface area contributed by atoms with E-state index >= 15 is 0 Å². The van der Waals surface area contributed by atoms with Gasteiger partial charge in [0.05, 0.1) is 13.2 Å². The van der Waals surface area contributed by atoms with Crippen LogP contribution in [0.1, 0.15) is 37.8 Å². The fourth-order valence-electron chi connectivity index (χ4n) is 3.88. The minimum absolute atomic E-state index is 0.210. The molecule has 2 aromatic carbocycles. The van der Waals surface area contributed by atoms with Gasteiger partial charge in [-0.05, 0) is 55.4 Å². The fourth-order valence-corrected chi connectivity index (χ4v) is 3.88. The minimum atomic E-state index is -1.38. The number of carbonyl (C=O) groups excluding carboxylic acids is 2. The Morgan fingerprint density at radius 2 is 1.44 bits per heavy atom. The van der Waals surface area contributed by atoms with E-state index in [9.17, 15) is 9.59 Å². The lowest BCUT2D eigenvalue weighted by Gasteiger charge is -2.33. The van der Waals surface area contributed by atoms with Crippen molar-refractivity contribution in [1.82, 2.24) is 0 Å². The van der Waals surface area contributed by atoms with Gasteiger partial charge >= 0.3 is 11.9 Å². The molecule has 1 aliphatic rings. The SMILES string of the molecule is CCOC(=O)C1(C(=O)OCC)CC(/C=C/c2ccccc2)=CC(=C/Cc2ccccc2)/C1. The van der Waals surface area contributed by atoms with E-state index in [1.54, 1.807) is 13.8 Å². The maximum absolute atomic E-state index is 13.1. The van der Waals surface area contributed by atoms with E-state index in [2.05, 4.69) is 24.3 Å². The van der Waals surface area contributed by atoms with Crippen LogP contribution in [0.5, 0.6) is 0 Å². The Hall–Kier alpha value is -3.40. The van der Waals surface area contributed by atoms with E-state index < -0.39 is 17.4 Å². The van der Waals surface area contributed by atoms with E-state index in [1.807, 2.05) is 60.7 Å². The molecule has 4 nitrogen and oxygen atoms in total. The highest BCUT2D eigenvalue weighted by molar-refractivity contribution is 6.01. The molecule has 0 aliphatic heterocycles. The molecule has 0 heterocycles. The van der Waals surface area contributed by atoms with E-state index in [-0.39, 0.29) is 26.1 Å². The Balaban J connectivity index is 1.99. The third-order valence-electron chi connectivity index (χ3n) is 5.45. The summed E-state index contributed by atoms with van der Waals surface area (Å²) in [5, 5.41) is 0. The highest BCUT2D eigenvalue weighted by Gasteiger charge is 2.50. The zero-order valence-corrected chi connectivity index (χ0v) is 18.8. The Morgan fingerprint density at radius 3 is 2.03 bits per heavy atom. The van der Waals surface area contributed by atoms with Gasteiger partial charge in [0.15, 0.2) is 5.41 Å². The second-order valence-corrected chi connectivity index (χ2v) is 7.81. The van der Waals surface area contributed by atoms with Crippen molar-refractivity contribution in [2.24, 2.45) is 5.41 Å². The zero-order chi connectivity index (χ0) is 22.8. The summed E-state index contributed by atoms with van der Waals surface area (Å²) in [4.78, 5) is 26.1. The lowest BCUT2D eigenvalue weighted by Crippen LogP contribution is -2.44. The van der Waals surface area contributed by atoms with Gasteiger partial charge in [0, 0.05) is 0 Å². The largest absolute Gasteiger partial charge is 0.465 e.